The quantitative estimate of drug-likeness (QED) is 0.796. The molecule has 4 aliphatic carbocycles. The van der Waals surface area contributed by atoms with Gasteiger partial charge in [0.05, 0.1) is 5.60 Å². The van der Waals surface area contributed by atoms with Crippen molar-refractivity contribution in [3.63, 3.8) is 0 Å². The van der Waals surface area contributed by atoms with Crippen LogP contribution in [0.15, 0.2) is 24.8 Å². The summed E-state index contributed by atoms with van der Waals surface area (Å²) in [5, 5.41) is 10.9. The molecule has 0 saturated heterocycles. The molecule has 4 atom stereocenters. The molecule has 0 aromatic carbocycles. The summed E-state index contributed by atoms with van der Waals surface area (Å²) in [7, 11) is 0. The summed E-state index contributed by atoms with van der Waals surface area (Å²) in [6.45, 7) is 5.99. The zero-order valence-corrected chi connectivity index (χ0v) is 14.9. The average Bonchev–Trinajstić information content (AvgIpc) is 2.44. The second kappa shape index (κ2) is 5.72. The summed E-state index contributed by atoms with van der Waals surface area (Å²) in [5.74, 6) is 1.59. The molecule has 4 bridgehead atoms. The largest absolute Gasteiger partial charge is 0.390 e. The van der Waals surface area contributed by atoms with Crippen molar-refractivity contribution in [2.75, 3.05) is 0 Å². The molecule has 0 aromatic heterocycles. The molecular formula is C21H31NO2. The number of rotatable bonds is 4. The summed E-state index contributed by atoms with van der Waals surface area (Å²) in [6, 6.07) is 0.431. The average molecular weight is 329 g/mol. The highest BCUT2D eigenvalue weighted by atomic mass is 16.3. The molecule has 0 aromatic rings. The monoisotopic (exact) mass is 329 g/mol. The highest BCUT2D eigenvalue weighted by Gasteiger charge is 2.57. The lowest BCUT2D eigenvalue weighted by Crippen LogP contribution is -2.57. The van der Waals surface area contributed by atoms with Gasteiger partial charge in [-0.05, 0) is 75.5 Å². The van der Waals surface area contributed by atoms with E-state index >= 15 is 0 Å². The van der Waals surface area contributed by atoms with Gasteiger partial charge in [0.25, 0.3) is 0 Å². The summed E-state index contributed by atoms with van der Waals surface area (Å²) in [5.41, 5.74) is -0.409. The normalized spacial score (nSPS) is 46.3. The summed E-state index contributed by atoms with van der Waals surface area (Å²) < 4.78 is 0. The number of hydrogen-bond donors (Lipinski definition) is 1. The maximum atomic E-state index is 13.3. The molecule has 1 heterocycles. The fraction of sp³-hybridized carbons (Fsp3) is 0.762. The highest BCUT2D eigenvalue weighted by Crippen LogP contribution is 2.63. The van der Waals surface area contributed by atoms with Crippen LogP contribution in [0.25, 0.3) is 0 Å². The van der Waals surface area contributed by atoms with E-state index in [0.717, 1.165) is 44.9 Å². The molecule has 132 valence electrons. The van der Waals surface area contributed by atoms with Gasteiger partial charge in [-0.15, -0.1) is 6.58 Å². The second-order valence-electron chi connectivity index (χ2n) is 9.25. The van der Waals surface area contributed by atoms with Gasteiger partial charge >= 0.3 is 0 Å². The van der Waals surface area contributed by atoms with Gasteiger partial charge in [0, 0.05) is 18.5 Å². The number of nitrogens with zero attached hydrogens (tertiary/aromatic N) is 1. The van der Waals surface area contributed by atoms with Gasteiger partial charge in [0.2, 0.25) is 5.91 Å². The van der Waals surface area contributed by atoms with Gasteiger partial charge in [-0.3, -0.25) is 4.79 Å². The Labute approximate surface area is 145 Å². The predicted molar refractivity (Wildman–Crippen MR) is 95.3 cm³/mol. The molecule has 3 nitrogen and oxygen atoms in total. The zero-order valence-electron chi connectivity index (χ0n) is 14.9. The number of amides is 1. The summed E-state index contributed by atoms with van der Waals surface area (Å²) >= 11 is 0. The first-order chi connectivity index (χ1) is 11.4. The molecule has 1 N–H and O–H groups in total. The molecule has 1 aliphatic heterocycles. The number of aliphatic hydroxyl groups is 1. The first-order valence-corrected chi connectivity index (χ1v) is 9.73. The van der Waals surface area contributed by atoms with Crippen LogP contribution in [0.4, 0.5) is 0 Å². The molecule has 5 aliphatic rings. The van der Waals surface area contributed by atoms with Crippen LogP contribution < -0.4 is 0 Å². The van der Waals surface area contributed by atoms with Crippen molar-refractivity contribution < 1.29 is 9.90 Å². The number of hydrogen-bond acceptors (Lipinski definition) is 2. The van der Waals surface area contributed by atoms with E-state index in [1.54, 1.807) is 0 Å². The minimum Gasteiger partial charge on any atom is -0.390 e. The second-order valence-corrected chi connectivity index (χ2v) is 9.25. The van der Waals surface area contributed by atoms with Crippen LogP contribution in [0, 0.1) is 17.3 Å². The molecule has 1 amide bonds. The van der Waals surface area contributed by atoms with Crippen molar-refractivity contribution in [1.29, 1.82) is 0 Å². The van der Waals surface area contributed by atoms with Crippen molar-refractivity contribution >= 4 is 5.91 Å². The Bertz CT molecular complexity index is 552. The minimum absolute atomic E-state index is 0.0650. The molecular weight excluding hydrogens is 298 g/mol. The van der Waals surface area contributed by atoms with Crippen LogP contribution in [-0.4, -0.2) is 33.6 Å². The van der Waals surface area contributed by atoms with Gasteiger partial charge in [0.15, 0.2) is 0 Å². The highest BCUT2D eigenvalue weighted by molar-refractivity contribution is 5.78. The summed E-state index contributed by atoms with van der Waals surface area (Å²) in [6.07, 6.45) is 15.1. The smallest absolute Gasteiger partial charge is 0.223 e. The predicted octanol–water partition coefficient (Wildman–Crippen LogP) is 3.83. The van der Waals surface area contributed by atoms with E-state index in [-0.39, 0.29) is 17.5 Å². The molecule has 4 fully saturated rings. The van der Waals surface area contributed by atoms with Crippen LogP contribution in [0.3, 0.4) is 0 Å². The van der Waals surface area contributed by atoms with Crippen molar-refractivity contribution in [2.45, 2.75) is 82.4 Å². The molecule has 2 unspecified atom stereocenters. The standard InChI is InChI=1S/C21H31NO2/c1-3-5-18-7-4-6-15(2)22(18)19(23)13-20-9-16-8-17(10-20)12-21(24,11-16)14-20/h3-4,6,15-18,24H,1,5,7-14H2,2H3/t15-,16?,17?,18-,20?,21?/m1/s1. The minimum atomic E-state index is -0.474. The van der Waals surface area contributed by atoms with Gasteiger partial charge in [0.1, 0.15) is 0 Å². The van der Waals surface area contributed by atoms with Crippen molar-refractivity contribution in [2.24, 2.45) is 17.3 Å². The maximum absolute atomic E-state index is 13.3. The Kier molecular flexibility index (Phi) is 3.91. The van der Waals surface area contributed by atoms with E-state index in [2.05, 4.69) is 30.6 Å². The van der Waals surface area contributed by atoms with E-state index in [1.807, 2.05) is 6.08 Å². The Hall–Kier alpha value is -1.09. The fourth-order valence-corrected chi connectivity index (χ4v) is 6.83. The van der Waals surface area contributed by atoms with E-state index in [0.29, 0.717) is 24.2 Å². The Balaban J connectivity index is 1.53. The third-order valence-electron chi connectivity index (χ3n) is 7.06. The van der Waals surface area contributed by atoms with E-state index in [4.69, 9.17) is 0 Å². The first kappa shape index (κ1) is 16.4. The summed E-state index contributed by atoms with van der Waals surface area (Å²) in [4.78, 5) is 15.4. The molecule has 3 heteroatoms. The first-order valence-electron chi connectivity index (χ1n) is 9.73. The molecule has 5 rings (SSSR count). The molecule has 0 spiro atoms. The van der Waals surface area contributed by atoms with E-state index in [9.17, 15) is 9.90 Å². The van der Waals surface area contributed by atoms with Crippen LogP contribution >= 0.6 is 0 Å². The topological polar surface area (TPSA) is 40.5 Å². The van der Waals surface area contributed by atoms with Gasteiger partial charge in [-0.25, -0.2) is 0 Å². The molecule has 0 radical (unpaired) electrons. The van der Waals surface area contributed by atoms with E-state index < -0.39 is 5.60 Å². The molecule has 24 heavy (non-hydrogen) atoms. The van der Waals surface area contributed by atoms with E-state index in [1.165, 1.54) is 6.42 Å². The van der Waals surface area contributed by atoms with Gasteiger partial charge in [-0.2, -0.15) is 0 Å². The third kappa shape index (κ3) is 2.75. The van der Waals surface area contributed by atoms with Crippen molar-refractivity contribution in [3.05, 3.63) is 24.8 Å². The van der Waals surface area contributed by atoms with Crippen LogP contribution in [-0.2, 0) is 4.79 Å². The third-order valence-corrected chi connectivity index (χ3v) is 7.06. The number of carbonyl (C=O) groups excluding carboxylic acids is 1. The fourth-order valence-electron chi connectivity index (χ4n) is 6.83. The van der Waals surface area contributed by atoms with Crippen LogP contribution in [0.5, 0.6) is 0 Å². The zero-order chi connectivity index (χ0) is 16.9. The van der Waals surface area contributed by atoms with Crippen molar-refractivity contribution in [1.82, 2.24) is 4.90 Å². The molecule has 4 saturated carbocycles. The van der Waals surface area contributed by atoms with Crippen molar-refractivity contribution in [3.8, 4) is 0 Å². The van der Waals surface area contributed by atoms with Crippen LogP contribution in [0.1, 0.15) is 64.7 Å². The Morgan fingerprint density at radius 2 is 2.04 bits per heavy atom. The Morgan fingerprint density at radius 3 is 2.67 bits per heavy atom. The van der Waals surface area contributed by atoms with Gasteiger partial charge in [-0.1, -0.05) is 18.2 Å². The lowest BCUT2D eigenvalue weighted by Gasteiger charge is -2.60. The van der Waals surface area contributed by atoms with Gasteiger partial charge < -0.3 is 10.0 Å². The Morgan fingerprint density at radius 1 is 1.33 bits per heavy atom. The number of carbonyl (C=O) groups is 1. The SMILES string of the molecule is C=CC[C@@H]1CC=C[C@@H](C)N1C(=O)CC12CC3CC(CC(O)(C3)C1)C2. The lowest BCUT2D eigenvalue weighted by molar-refractivity contribution is -0.173. The maximum Gasteiger partial charge on any atom is 0.223 e. The lowest BCUT2D eigenvalue weighted by atomic mass is 9.47. The van der Waals surface area contributed by atoms with Crippen LogP contribution in [0.2, 0.25) is 0 Å².